The maximum atomic E-state index is 12.6. The average Bonchev–Trinajstić information content (AvgIpc) is 3.18. The van der Waals surface area contributed by atoms with Crippen LogP contribution in [0.2, 0.25) is 0 Å². The lowest BCUT2D eigenvalue weighted by molar-refractivity contribution is 0.0984. The third kappa shape index (κ3) is 3.91. The molecule has 6 heteroatoms. The van der Waals surface area contributed by atoms with Crippen LogP contribution in [0.1, 0.15) is 26.8 Å². The molecule has 0 fully saturated rings. The van der Waals surface area contributed by atoms with Crippen molar-refractivity contribution in [1.29, 1.82) is 0 Å². The molecule has 0 aliphatic rings. The molecule has 3 aromatic rings. The van der Waals surface area contributed by atoms with Crippen LogP contribution in [0.5, 0.6) is 0 Å². The number of pyridine rings is 1. The van der Waals surface area contributed by atoms with Gasteiger partial charge in [0.25, 0.3) is 0 Å². The zero-order chi connectivity index (χ0) is 16.1. The van der Waals surface area contributed by atoms with E-state index in [0.717, 1.165) is 16.3 Å². The normalized spacial score (nSPS) is 10.8. The second-order valence-corrected chi connectivity index (χ2v) is 6.08. The molecule has 0 aliphatic carbocycles. The Bertz CT molecular complexity index is 780. The summed E-state index contributed by atoms with van der Waals surface area (Å²) in [4.78, 5) is 21.0. The summed E-state index contributed by atoms with van der Waals surface area (Å²) in [5.74, 6) is 0.0716. The highest BCUT2D eigenvalue weighted by molar-refractivity contribution is 7.09. The topological polar surface area (TPSA) is 57.0 Å². The molecule has 3 heterocycles. The van der Waals surface area contributed by atoms with Gasteiger partial charge in [0, 0.05) is 37.6 Å². The second kappa shape index (κ2) is 7.30. The molecule has 5 nitrogen and oxygen atoms in total. The number of carbonyl (C=O) groups is 1. The summed E-state index contributed by atoms with van der Waals surface area (Å²) in [6.45, 7) is 1.13. The molecule has 0 amide bonds. The second-order valence-electron chi connectivity index (χ2n) is 5.14. The van der Waals surface area contributed by atoms with E-state index in [-0.39, 0.29) is 5.78 Å². The van der Waals surface area contributed by atoms with E-state index in [2.05, 4.69) is 9.97 Å². The van der Waals surface area contributed by atoms with Crippen LogP contribution >= 0.6 is 11.3 Å². The zero-order valence-corrected chi connectivity index (χ0v) is 13.6. The number of ketones is 1. The quantitative estimate of drug-likeness (QED) is 0.626. The van der Waals surface area contributed by atoms with E-state index in [1.54, 1.807) is 19.5 Å². The van der Waals surface area contributed by atoms with Gasteiger partial charge in [-0.15, -0.1) is 11.3 Å². The molecular formula is C17H17N3O2S. The van der Waals surface area contributed by atoms with Crippen molar-refractivity contribution in [1.82, 2.24) is 14.5 Å². The van der Waals surface area contributed by atoms with Gasteiger partial charge in [-0.2, -0.15) is 0 Å². The van der Waals surface area contributed by atoms with E-state index in [1.807, 2.05) is 40.4 Å². The molecule has 0 bridgehead atoms. The summed E-state index contributed by atoms with van der Waals surface area (Å²) < 4.78 is 7.01. The summed E-state index contributed by atoms with van der Waals surface area (Å²) in [5, 5.41) is 2.75. The summed E-state index contributed by atoms with van der Waals surface area (Å²) in [7, 11) is 1.64. The third-order valence-corrected chi connectivity index (χ3v) is 4.32. The van der Waals surface area contributed by atoms with Crippen molar-refractivity contribution < 1.29 is 9.53 Å². The van der Waals surface area contributed by atoms with Gasteiger partial charge < -0.3 is 9.30 Å². The number of aromatic nitrogens is 3. The summed E-state index contributed by atoms with van der Waals surface area (Å²) in [6.07, 6.45) is 5.75. The Morgan fingerprint density at radius 2 is 2.13 bits per heavy atom. The van der Waals surface area contributed by atoms with Gasteiger partial charge in [-0.3, -0.25) is 9.78 Å². The fourth-order valence-electron chi connectivity index (χ4n) is 2.36. The van der Waals surface area contributed by atoms with Crippen LogP contribution in [0.15, 0.2) is 48.2 Å². The molecule has 0 aliphatic heterocycles. The average molecular weight is 327 g/mol. The Labute approximate surface area is 138 Å². The maximum Gasteiger partial charge on any atom is 0.186 e. The highest BCUT2D eigenvalue weighted by Crippen LogP contribution is 2.15. The fraction of sp³-hybridized carbons (Fsp3) is 0.235. The molecule has 0 saturated carbocycles. The minimum Gasteiger partial charge on any atom is -0.378 e. The van der Waals surface area contributed by atoms with Gasteiger partial charge in [-0.25, -0.2) is 4.98 Å². The zero-order valence-electron chi connectivity index (χ0n) is 12.8. The van der Waals surface area contributed by atoms with Crippen molar-refractivity contribution in [2.75, 3.05) is 7.11 Å². The number of ether oxygens (including phenoxy) is 1. The van der Waals surface area contributed by atoms with Crippen LogP contribution < -0.4 is 0 Å². The van der Waals surface area contributed by atoms with Crippen molar-refractivity contribution in [2.24, 2.45) is 0 Å². The summed E-state index contributed by atoms with van der Waals surface area (Å²) in [5.41, 5.74) is 2.68. The molecule has 0 unspecified atom stereocenters. The molecule has 0 radical (unpaired) electrons. The van der Waals surface area contributed by atoms with Crippen LogP contribution in [-0.4, -0.2) is 27.4 Å². The smallest absolute Gasteiger partial charge is 0.186 e. The summed E-state index contributed by atoms with van der Waals surface area (Å²) in [6, 6.07) is 7.65. The van der Waals surface area contributed by atoms with Crippen LogP contribution in [0.3, 0.4) is 0 Å². The Balaban J connectivity index is 1.71. The largest absolute Gasteiger partial charge is 0.378 e. The molecule has 118 valence electrons. The monoisotopic (exact) mass is 327 g/mol. The maximum absolute atomic E-state index is 12.6. The molecule has 0 aromatic carbocycles. The lowest BCUT2D eigenvalue weighted by Gasteiger charge is -2.08. The van der Waals surface area contributed by atoms with Crippen LogP contribution in [-0.2, 0) is 24.3 Å². The number of hydrogen-bond acceptors (Lipinski definition) is 5. The van der Waals surface area contributed by atoms with Crippen molar-refractivity contribution in [2.45, 2.75) is 19.6 Å². The standard InChI is InChI=1S/C17H17N3O2S/c1-22-11-14-12-23-17(19-14)9-16(21)15-3-2-8-20(15)10-13-4-6-18-7-5-13/h2-8,12H,9-11H2,1H3. The Kier molecular flexibility index (Phi) is 4.95. The Morgan fingerprint density at radius 1 is 1.30 bits per heavy atom. The molecular weight excluding hydrogens is 310 g/mol. The van der Waals surface area contributed by atoms with E-state index in [0.29, 0.717) is 25.3 Å². The van der Waals surface area contributed by atoms with Gasteiger partial charge in [0.2, 0.25) is 0 Å². The number of carbonyl (C=O) groups excluding carboxylic acids is 1. The van der Waals surface area contributed by atoms with Crippen molar-refractivity contribution >= 4 is 17.1 Å². The Morgan fingerprint density at radius 3 is 2.91 bits per heavy atom. The van der Waals surface area contributed by atoms with Crippen molar-refractivity contribution in [3.63, 3.8) is 0 Å². The summed E-state index contributed by atoms with van der Waals surface area (Å²) >= 11 is 1.50. The minimum absolute atomic E-state index is 0.0716. The highest BCUT2D eigenvalue weighted by atomic mass is 32.1. The SMILES string of the molecule is COCc1csc(CC(=O)c2cccn2Cc2ccncc2)n1. The number of methoxy groups -OCH3 is 1. The van der Waals surface area contributed by atoms with Crippen LogP contribution in [0.4, 0.5) is 0 Å². The molecule has 23 heavy (non-hydrogen) atoms. The Hall–Kier alpha value is -2.31. The predicted molar refractivity (Wildman–Crippen MR) is 88.6 cm³/mol. The molecule has 3 rings (SSSR count). The number of nitrogens with zero attached hydrogens (tertiary/aromatic N) is 3. The van der Waals surface area contributed by atoms with Gasteiger partial charge in [-0.05, 0) is 29.8 Å². The van der Waals surface area contributed by atoms with Gasteiger partial charge in [0.15, 0.2) is 5.78 Å². The predicted octanol–water partition coefficient (Wildman–Crippen LogP) is 2.96. The molecule has 0 atom stereocenters. The van der Waals surface area contributed by atoms with Crippen LogP contribution in [0.25, 0.3) is 0 Å². The third-order valence-electron chi connectivity index (χ3n) is 3.42. The van der Waals surface area contributed by atoms with E-state index in [9.17, 15) is 4.79 Å². The molecule has 3 aromatic heterocycles. The lowest BCUT2D eigenvalue weighted by Crippen LogP contribution is -2.11. The first-order valence-electron chi connectivity index (χ1n) is 7.25. The number of rotatable bonds is 7. The number of thiazole rings is 1. The molecule has 0 N–H and O–H groups in total. The fourth-order valence-corrected chi connectivity index (χ4v) is 3.14. The number of hydrogen-bond donors (Lipinski definition) is 0. The van der Waals surface area contributed by atoms with Crippen molar-refractivity contribution in [3.8, 4) is 0 Å². The van der Waals surface area contributed by atoms with Gasteiger partial charge >= 0.3 is 0 Å². The highest BCUT2D eigenvalue weighted by Gasteiger charge is 2.14. The van der Waals surface area contributed by atoms with E-state index in [4.69, 9.17) is 4.74 Å². The molecule has 0 saturated heterocycles. The van der Waals surface area contributed by atoms with E-state index in [1.165, 1.54) is 11.3 Å². The van der Waals surface area contributed by atoms with Gasteiger partial charge in [0.05, 0.1) is 24.4 Å². The lowest BCUT2D eigenvalue weighted by atomic mass is 10.2. The van der Waals surface area contributed by atoms with Gasteiger partial charge in [-0.1, -0.05) is 0 Å². The van der Waals surface area contributed by atoms with Crippen LogP contribution in [0, 0.1) is 0 Å². The first-order chi connectivity index (χ1) is 11.3. The first-order valence-corrected chi connectivity index (χ1v) is 8.13. The number of Topliss-reactive ketones (excluding diaryl/α,β-unsaturated/α-hetero) is 1. The van der Waals surface area contributed by atoms with Crippen molar-refractivity contribution in [3.05, 3.63) is 70.2 Å². The first kappa shape index (κ1) is 15.6. The van der Waals surface area contributed by atoms with E-state index >= 15 is 0 Å². The van der Waals surface area contributed by atoms with Gasteiger partial charge in [0.1, 0.15) is 5.01 Å². The van der Waals surface area contributed by atoms with E-state index < -0.39 is 0 Å². The molecule has 0 spiro atoms. The minimum atomic E-state index is 0.0716.